The first-order valence-electron chi connectivity index (χ1n) is 5.31. The molecular formula is C12H9N3O4. The van der Waals surface area contributed by atoms with E-state index in [-0.39, 0.29) is 16.9 Å². The maximum atomic E-state index is 11.8. The van der Waals surface area contributed by atoms with Crippen LogP contribution in [0.2, 0.25) is 0 Å². The third-order valence-corrected chi connectivity index (χ3v) is 2.38. The summed E-state index contributed by atoms with van der Waals surface area (Å²) in [6, 6.07) is 6.70. The molecular weight excluding hydrogens is 250 g/mol. The fourth-order valence-electron chi connectivity index (χ4n) is 1.49. The Morgan fingerprint density at radius 1 is 1.32 bits per heavy atom. The summed E-state index contributed by atoms with van der Waals surface area (Å²) in [7, 11) is 0. The highest BCUT2D eigenvalue weighted by Crippen LogP contribution is 2.17. The highest BCUT2D eigenvalue weighted by atomic mass is 16.6. The molecule has 0 radical (unpaired) electrons. The minimum absolute atomic E-state index is 0.0611. The fraction of sp³-hybridized carbons (Fsp3) is 0. The molecule has 1 amide bonds. The van der Waals surface area contributed by atoms with Crippen LogP contribution in [0.15, 0.2) is 47.5 Å². The average Bonchev–Trinajstić information content (AvgIpc) is 2.39. The number of nitrogens with zero attached hydrogens (tertiary/aromatic N) is 1. The van der Waals surface area contributed by atoms with E-state index in [0.717, 1.165) is 0 Å². The molecule has 0 unspecified atom stereocenters. The highest BCUT2D eigenvalue weighted by Gasteiger charge is 2.11. The Balaban J connectivity index is 2.25. The predicted molar refractivity (Wildman–Crippen MR) is 68.1 cm³/mol. The second kappa shape index (κ2) is 5.13. The fourth-order valence-corrected chi connectivity index (χ4v) is 1.49. The molecule has 1 aromatic carbocycles. The van der Waals surface area contributed by atoms with Gasteiger partial charge in [0.25, 0.3) is 11.6 Å². The van der Waals surface area contributed by atoms with Crippen LogP contribution in [0.1, 0.15) is 10.4 Å². The third kappa shape index (κ3) is 2.83. The monoisotopic (exact) mass is 259 g/mol. The first-order valence-corrected chi connectivity index (χ1v) is 5.31. The van der Waals surface area contributed by atoms with Crippen LogP contribution < -0.4 is 10.7 Å². The summed E-state index contributed by atoms with van der Waals surface area (Å²) < 4.78 is 0. The molecule has 0 atom stereocenters. The number of carbonyl (C=O) groups is 1. The molecule has 0 aliphatic rings. The average molecular weight is 259 g/mol. The quantitative estimate of drug-likeness (QED) is 0.644. The standard InChI is InChI=1S/C12H9N3O4/c16-11-4-5-13-7-10(11)12(17)14-8-2-1-3-9(6-8)15(18)19/h1-7H,(H,13,16)(H,14,17). The molecule has 0 spiro atoms. The van der Waals surface area contributed by atoms with Gasteiger partial charge in [-0.05, 0) is 6.07 Å². The van der Waals surface area contributed by atoms with E-state index in [4.69, 9.17) is 0 Å². The van der Waals surface area contributed by atoms with Crippen LogP contribution in [0.25, 0.3) is 0 Å². The van der Waals surface area contributed by atoms with E-state index >= 15 is 0 Å². The summed E-state index contributed by atoms with van der Waals surface area (Å²) >= 11 is 0. The maximum absolute atomic E-state index is 11.8. The van der Waals surface area contributed by atoms with E-state index in [0.29, 0.717) is 0 Å². The molecule has 2 N–H and O–H groups in total. The van der Waals surface area contributed by atoms with Crippen LogP contribution in [0, 0.1) is 10.1 Å². The van der Waals surface area contributed by atoms with Gasteiger partial charge in [0.1, 0.15) is 5.56 Å². The third-order valence-electron chi connectivity index (χ3n) is 2.38. The lowest BCUT2D eigenvalue weighted by Gasteiger charge is -2.04. The van der Waals surface area contributed by atoms with Crippen molar-refractivity contribution >= 4 is 17.3 Å². The van der Waals surface area contributed by atoms with Crippen LogP contribution in [0.3, 0.4) is 0 Å². The number of hydrogen-bond acceptors (Lipinski definition) is 4. The number of nitro benzene ring substituents is 1. The van der Waals surface area contributed by atoms with Gasteiger partial charge in [-0.15, -0.1) is 0 Å². The number of hydrogen-bond donors (Lipinski definition) is 2. The number of benzene rings is 1. The lowest BCUT2D eigenvalue weighted by Crippen LogP contribution is -2.20. The first kappa shape index (κ1) is 12.5. The van der Waals surface area contributed by atoms with Crippen molar-refractivity contribution in [2.24, 2.45) is 0 Å². The van der Waals surface area contributed by atoms with Crippen molar-refractivity contribution in [3.8, 4) is 0 Å². The molecule has 7 heteroatoms. The topological polar surface area (TPSA) is 105 Å². The second-order valence-electron chi connectivity index (χ2n) is 3.68. The van der Waals surface area contributed by atoms with Gasteiger partial charge in [-0.1, -0.05) is 6.07 Å². The van der Waals surface area contributed by atoms with E-state index in [2.05, 4.69) is 10.3 Å². The van der Waals surface area contributed by atoms with Gasteiger partial charge < -0.3 is 10.3 Å². The zero-order valence-electron chi connectivity index (χ0n) is 9.62. The number of pyridine rings is 1. The Morgan fingerprint density at radius 2 is 2.11 bits per heavy atom. The zero-order chi connectivity index (χ0) is 13.8. The summed E-state index contributed by atoms with van der Waals surface area (Å²) in [5, 5.41) is 13.0. The largest absolute Gasteiger partial charge is 0.367 e. The Morgan fingerprint density at radius 3 is 2.79 bits per heavy atom. The van der Waals surface area contributed by atoms with E-state index in [9.17, 15) is 19.7 Å². The van der Waals surface area contributed by atoms with Crippen molar-refractivity contribution in [1.82, 2.24) is 4.98 Å². The van der Waals surface area contributed by atoms with Crippen LogP contribution in [0.5, 0.6) is 0 Å². The maximum Gasteiger partial charge on any atom is 0.271 e. The van der Waals surface area contributed by atoms with Crippen molar-refractivity contribution in [3.63, 3.8) is 0 Å². The van der Waals surface area contributed by atoms with Crippen molar-refractivity contribution in [2.45, 2.75) is 0 Å². The van der Waals surface area contributed by atoms with Gasteiger partial charge in [-0.3, -0.25) is 19.7 Å². The van der Waals surface area contributed by atoms with E-state index < -0.39 is 16.3 Å². The predicted octanol–water partition coefficient (Wildman–Crippen LogP) is 1.54. The molecule has 96 valence electrons. The van der Waals surface area contributed by atoms with E-state index in [1.54, 1.807) is 0 Å². The number of amides is 1. The van der Waals surface area contributed by atoms with Gasteiger partial charge >= 0.3 is 0 Å². The van der Waals surface area contributed by atoms with Crippen LogP contribution in [-0.2, 0) is 0 Å². The number of anilines is 1. The van der Waals surface area contributed by atoms with Gasteiger partial charge in [0, 0.05) is 36.3 Å². The number of nitro groups is 1. The molecule has 0 bridgehead atoms. The lowest BCUT2D eigenvalue weighted by atomic mass is 10.2. The number of aromatic nitrogens is 1. The first-order chi connectivity index (χ1) is 9.08. The molecule has 0 aliphatic carbocycles. The highest BCUT2D eigenvalue weighted by molar-refractivity contribution is 6.04. The molecule has 7 nitrogen and oxygen atoms in total. The number of aromatic amines is 1. The molecule has 19 heavy (non-hydrogen) atoms. The van der Waals surface area contributed by atoms with Gasteiger partial charge in [-0.2, -0.15) is 0 Å². The molecule has 0 saturated carbocycles. The Kier molecular flexibility index (Phi) is 3.37. The summed E-state index contributed by atoms with van der Waals surface area (Å²) in [6.45, 7) is 0. The van der Waals surface area contributed by atoms with Crippen LogP contribution >= 0.6 is 0 Å². The molecule has 0 fully saturated rings. The molecule has 1 aromatic heterocycles. The number of H-pyrrole nitrogens is 1. The number of rotatable bonds is 3. The van der Waals surface area contributed by atoms with Gasteiger partial charge in [-0.25, -0.2) is 0 Å². The SMILES string of the molecule is O=C(Nc1cccc([N+](=O)[O-])c1)c1c[nH]ccc1=O. The Labute approximate surface area is 107 Å². The Hall–Kier alpha value is -2.96. The number of carbonyl (C=O) groups excluding carboxylic acids is 1. The number of non-ortho nitro benzene ring substituents is 1. The second-order valence-corrected chi connectivity index (χ2v) is 3.68. The summed E-state index contributed by atoms with van der Waals surface area (Å²) in [5.74, 6) is -0.623. The molecule has 2 rings (SSSR count). The van der Waals surface area contributed by atoms with Gasteiger partial charge in [0.15, 0.2) is 5.43 Å². The smallest absolute Gasteiger partial charge is 0.271 e. The molecule has 1 heterocycles. The van der Waals surface area contributed by atoms with Crippen LogP contribution in [0.4, 0.5) is 11.4 Å². The molecule has 0 saturated heterocycles. The summed E-state index contributed by atoms with van der Waals surface area (Å²) in [4.78, 5) is 35.9. The molecule has 2 aromatic rings. The van der Waals surface area contributed by atoms with Crippen molar-refractivity contribution in [3.05, 3.63) is 68.6 Å². The van der Waals surface area contributed by atoms with E-state index in [1.807, 2.05) is 0 Å². The van der Waals surface area contributed by atoms with Crippen LogP contribution in [-0.4, -0.2) is 15.8 Å². The summed E-state index contributed by atoms with van der Waals surface area (Å²) in [6.07, 6.45) is 2.68. The Bertz CT molecular complexity index is 693. The lowest BCUT2D eigenvalue weighted by molar-refractivity contribution is -0.384. The van der Waals surface area contributed by atoms with E-state index in [1.165, 1.54) is 42.7 Å². The minimum Gasteiger partial charge on any atom is -0.367 e. The van der Waals surface area contributed by atoms with Crippen molar-refractivity contribution < 1.29 is 9.72 Å². The van der Waals surface area contributed by atoms with Gasteiger partial charge in [0.05, 0.1) is 4.92 Å². The van der Waals surface area contributed by atoms with Crippen molar-refractivity contribution in [2.75, 3.05) is 5.32 Å². The number of nitrogens with one attached hydrogen (secondary N) is 2. The normalized spacial score (nSPS) is 9.89. The van der Waals surface area contributed by atoms with Gasteiger partial charge in [0.2, 0.25) is 0 Å². The minimum atomic E-state index is -0.623. The van der Waals surface area contributed by atoms with Crippen molar-refractivity contribution in [1.29, 1.82) is 0 Å². The zero-order valence-corrected chi connectivity index (χ0v) is 9.62. The summed E-state index contributed by atoms with van der Waals surface area (Å²) in [5.41, 5.74) is -0.377. The molecule has 0 aliphatic heterocycles.